The molecule has 1 aliphatic rings. The highest BCUT2D eigenvalue weighted by atomic mass is 16.5. The Morgan fingerprint density at radius 3 is 2.91 bits per heavy atom. The predicted molar refractivity (Wildman–Crippen MR) is 83.6 cm³/mol. The maximum Gasteiger partial charge on any atom is 0.183 e. The van der Waals surface area contributed by atoms with E-state index in [-0.39, 0.29) is 6.10 Å². The first-order valence-corrected chi connectivity index (χ1v) is 7.69. The highest BCUT2D eigenvalue weighted by Crippen LogP contribution is 2.36. The third-order valence-corrected chi connectivity index (χ3v) is 4.31. The summed E-state index contributed by atoms with van der Waals surface area (Å²) in [7, 11) is 0. The zero-order chi connectivity index (χ0) is 14.9. The van der Waals surface area contributed by atoms with Gasteiger partial charge < -0.3 is 9.72 Å². The standard InChI is InChI=1S/C17H16N4O/c18-9-13-16(22-11-5-2-1-3-6-11)15-12-7-4-8-19-17(12)21-14(15)10-20-13/h4,7-8,10-11H,1-3,5-6H2,(H,19,21). The lowest BCUT2D eigenvalue weighted by molar-refractivity contribution is 0.156. The van der Waals surface area contributed by atoms with Crippen LogP contribution in [0.5, 0.6) is 5.75 Å². The van der Waals surface area contributed by atoms with Crippen molar-refractivity contribution in [3.8, 4) is 11.8 Å². The van der Waals surface area contributed by atoms with E-state index in [4.69, 9.17) is 4.74 Å². The van der Waals surface area contributed by atoms with Crippen molar-refractivity contribution in [2.45, 2.75) is 38.2 Å². The summed E-state index contributed by atoms with van der Waals surface area (Å²) in [6.07, 6.45) is 9.33. The van der Waals surface area contributed by atoms with Crippen molar-refractivity contribution < 1.29 is 4.74 Å². The van der Waals surface area contributed by atoms with Gasteiger partial charge in [0.15, 0.2) is 11.4 Å². The van der Waals surface area contributed by atoms with Gasteiger partial charge in [0.1, 0.15) is 11.7 Å². The van der Waals surface area contributed by atoms with Crippen LogP contribution in [0.3, 0.4) is 0 Å². The van der Waals surface area contributed by atoms with Gasteiger partial charge in [-0.25, -0.2) is 9.97 Å². The molecule has 0 aliphatic heterocycles. The summed E-state index contributed by atoms with van der Waals surface area (Å²) in [5, 5.41) is 11.3. The van der Waals surface area contributed by atoms with E-state index in [2.05, 4.69) is 21.0 Å². The molecule has 1 saturated carbocycles. The fraction of sp³-hybridized carbons (Fsp3) is 0.353. The number of aromatic nitrogens is 3. The number of rotatable bonds is 2. The quantitative estimate of drug-likeness (QED) is 0.781. The maximum atomic E-state index is 9.40. The van der Waals surface area contributed by atoms with Crippen molar-refractivity contribution in [3.05, 3.63) is 30.2 Å². The molecule has 3 heterocycles. The van der Waals surface area contributed by atoms with Gasteiger partial charge in [0.05, 0.1) is 23.2 Å². The van der Waals surface area contributed by atoms with Gasteiger partial charge >= 0.3 is 0 Å². The molecular weight excluding hydrogens is 276 g/mol. The number of ether oxygens (including phenoxy) is 1. The minimum atomic E-state index is 0.176. The summed E-state index contributed by atoms with van der Waals surface area (Å²) in [5.74, 6) is 0.603. The summed E-state index contributed by atoms with van der Waals surface area (Å²) in [4.78, 5) is 11.8. The Hall–Kier alpha value is -2.61. The molecule has 0 bridgehead atoms. The normalized spacial score (nSPS) is 16.0. The van der Waals surface area contributed by atoms with Crippen molar-refractivity contribution in [2.24, 2.45) is 0 Å². The summed E-state index contributed by atoms with van der Waals surface area (Å²) < 4.78 is 6.22. The lowest BCUT2D eigenvalue weighted by atomic mass is 9.97. The van der Waals surface area contributed by atoms with E-state index < -0.39 is 0 Å². The number of fused-ring (bicyclic) bond motifs is 3. The molecule has 0 aromatic carbocycles. The first kappa shape index (κ1) is 13.1. The van der Waals surface area contributed by atoms with E-state index in [1.54, 1.807) is 12.4 Å². The zero-order valence-electron chi connectivity index (χ0n) is 12.2. The van der Waals surface area contributed by atoms with E-state index in [0.29, 0.717) is 11.4 Å². The molecule has 4 rings (SSSR count). The molecule has 1 N–H and O–H groups in total. The van der Waals surface area contributed by atoms with E-state index in [1.165, 1.54) is 19.3 Å². The Morgan fingerprint density at radius 2 is 2.09 bits per heavy atom. The fourth-order valence-corrected chi connectivity index (χ4v) is 3.23. The van der Waals surface area contributed by atoms with Gasteiger partial charge in [0.25, 0.3) is 0 Å². The van der Waals surface area contributed by atoms with Gasteiger partial charge in [-0.05, 0) is 37.8 Å². The number of hydrogen-bond donors (Lipinski definition) is 1. The summed E-state index contributed by atoms with van der Waals surface area (Å²) in [5.41, 5.74) is 2.00. The van der Waals surface area contributed by atoms with Gasteiger partial charge in [-0.3, -0.25) is 0 Å². The van der Waals surface area contributed by atoms with Gasteiger partial charge in [0.2, 0.25) is 0 Å². The second-order valence-corrected chi connectivity index (χ2v) is 5.74. The summed E-state index contributed by atoms with van der Waals surface area (Å²) >= 11 is 0. The Kier molecular flexibility index (Phi) is 3.15. The monoisotopic (exact) mass is 292 g/mol. The Balaban J connectivity index is 1.91. The molecule has 22 heavy (non-hydrogen) atoms. The van der Waals surface area contributed by atoms with Crippen molar-refractivity contribution >= 4 is 21.9 Å². The molecular formula is C17H16N4O. The van der Waals surface area contributed by atoms with E-state index in [1.807, 2.05) is 12.1 Å². The number of aromatic amines is 1. The number of nitrogens with zero attached hydrogens (tertiary/aromatic N) is 3. The summed E-state index contributed by atoms with van der Waals surface area (Å²) in [6, 6.07) is 6.05. The number of nitrogens with one attached hydrogen (secondary N) is 1. The lowest BCUT2D eigenvalue weighted by Gasteiger charge is -2.23. The van der Waals surface area contributed by atoms with Crippen LogP contribution in [0.2, 0.25) is 0 Å². The minimum Gasteiger partial charge on any atom is -0.487 e. The van der Waals surface area contributed by atoms with Crippen LogP contribution >= 0.6 is 0 Å². The number of hydrogen-bond acceptors (Lipinski definition) is 4. The van der Waals surface area contributed by atoms with E-state index in [9.17, 15) is 5.26 Å². The topological polar surface area (TPSA) is 74.6 Å². The largest absolute Gasteiger partial charge is 0.487 e. The molecule has 0 saturated heterocycles. The molecule has 0 unspecified atom stereocenters. The third kappa shape index (κ3) is 2.08. The first-order chi connectivity index (χ1) is 10.9. The third-order valence-electron chi connectivity index (χ3n) is 4.31. The Bertz CT molecular complexity index is 871. The van der Waals surface area contributed by atoms with Gasteiger partial charge in [-0.2, -0.15) is 5.26 Å². The van der Waals surface area contributed by atoms with Crippen molar-refractivity contribution in [3.63, 3.8) is 0 Å². The highest BCUT2D eigenvalue weighted by Gasteiger charge is 2.21. The maximum absolute atomic E-state index is 9.40. The molecule has 5 heteroatoms. The average molecular weight is 292 g/mol. The molecule has 0 spiro atoms. The molecule has 0 radical (unpaired) electrons. The van der Waals surface area contributed by atoms with E-state index in [0.717, 1.165) is 34.8 Å². The molecule has 110 valence electrons. The molecule has 3 aromatic rings. The van der Waals surface area contributed by atoms with Crippen LogP contribution < -0.4 is 4.74 Å². The SMILES string of the molecule is N#Cc1ncc2[nH]c3ncccc3c2c1OC1CCCCC1. The Morgan fingerprint density at radius 1 is 1.23 bits per heavy atom. The molecule has 1 aliphatic carbocycles. The van der Waals surface area contributed by atoms with Crippen molar-refractivity contribution in [1.82, 2.24) is 15.0 Å². The van der Waals surface area contributed by atoms with Crippen LogP contribution in [0.15, 0.2) is 24.5 Å². The van der Waals surface area contributed by atoms with Crippen LogP contribution in [0.1, 0.15) is 37.8 Å². The van der Waals surface area contributed by atoms with Crippen LogP contribution in [0.4, 0.5) is 0 Å². The zero-order valence-corrected chi connectivity index (χ0v) is 12.2. The van der Waals surface area contributed by atoms with E-state index >= 15 is 0 Å². The molecule has 5 nitrogen and oxygen atoms in total. The lowest BCUT2D eigenvalue weighted by Crippen LogP contribution is -2.20. The smallest absolute Gasteiger partial charge is 0.183 e. The van der Waals surface area contributed by atoms with Crippen LogP contribution in [-0.2, 0) is 0 Å². The molecule has 0 atom stereocenters. The molecule has 0 amide bonds. The van der Waals surface area contributed by atoms with Gasteiger partial charge in [-0.15, -0.1) is 0 Å². The van der Waals surface area contributed by atoms with Crippen LogP contribution in [0, 0.1) is 11.3 Å². The number of pyridine rings is 2. The minimum absolute atomic E-state index is 0.176. The molecule has 1 fully saturated rings. The average Bonchev–Trinajstić information content (AvgIpc) is 2.95. The van der Waals surface area contributed by atoms with Crippen LogP contribution in [-0.4, -0.2) is 21.1 Å². The highest BCUT2D eigenvalue weighted by molar-refractivity contribution is 6.09. The van der Waals surface area contributed by atoms with Crippen molar-refractivity contribution in [1.29, 1.82) is 5.26 Å². The second kappa shape index (κ2) is 5.30. The Labute approximate surface area is 127 Å². The van der Waals surface area contributed by atoms with Gasteiger partial charge in [-0.1, -0.05) is 6.42 Å². The van der Waals surface area contributed by atoms with Crippen molar-refractivity contribution in [2.75, 3.05) is 0 Å². The summed E-state index contributed by atoms with van der Waals surface area (Å²) in [6.45, 7) is 0. The number of H-pyrrole nitrogens is 1. The first-order valence-electron chi connectivity index (χ1n) is 7.69. The van der Waals surface area contributed by atoms with Crippen LogP contribution in [0.25, 0.3) is 21.9 Å². The second-order valence-electron chi connectivity index (χ2n) is 5.74. The number of nitriles is 1. The predicted octanol–water partition coefficient (Wildman–Crippen LogP) is 3.69. The van der Waals surface area contributed by atoms with Gasteiger partial charge in [0, 0.05) is 11.6 Å². The molecule has 3 aromatic heterocycles. The fourth-order valence-electron chi connectivity index (χ4n) is 3.23.